The highest BCUT2D eigenvalue weighted by Crippen LogP contribution is 2.26. The standard InChI is InChI=1S/C15H23FN2O2/c1-5-10(3)9-18(4)14-7-11(15(19)20-6-2)13(17)8-12(14)16/h7-8,10H,5-6,9,17H2,1-4H3. The van der Waals surface area contributed by atoms with Gasteiger partial charge in [0.15, 0.2) is 0 Å². The molecule has 4 nitrogen and oxygen atoms in total. The van der Waals surface area contributed by atoms with Crippen molar-refractivity contribution in [2.75, 3.05) is 30.8 Å². The molecule has 1 rings (SSSR count). The largest absolute Gasteiger partial charge is 0.462 e. The molecule has 1 aromatic rings. The zero-order valence-corrected chi connectivity index (χ0v) is 12.6. The summed E-state index contributed by atoms with van der Waals surface area (Å²) in [6.07, 6.45) is 1.01. The third-order valence-electron chi connectivity index (χ3n) is 3.31. The van der Waals surface area contributed by atoms with Crippen molar-refractivity contribution >= 4 is 17.3 Å². The average molecular weight is 282 g/mol. The van der Waals surface area contributed by atoms with Gasteiger partial charge in [0, 0.05) is 19.3 Å². The number of carbonyl (C=O) groups excluding carboxylic acids is 1. The zero-order valence-electron chi connectivity index (χ0n) is 12.6. The summed E-state index contributed by atoms with van der Waals surface area (Å²) in [6, 6.07) is 2.64. The molecule has 1 aromatic carbocycles. The molecule has 0 fully saturated rings. The van der Waals surface area contributed by atoms with Crippen molar-refractivity contribution in [3.05, 3.63) is 23.5 Å². The second kappa shape index (κ2) is 7.12. The monoisotopic (exact) mass is 282 g/mol. The minimum Gasteiger partial charge on any atom is -0.462 e. The Labute approximate surface area is 119 Å². The number of nitrogens with zero attached hydrogens (tertiary/aromatic N) is 1. The first-order valence-electron chi connectivity index (χ1n) is 6.87. The number of carbonyl (C=O) groups is 1. The van der Waals surface area contributed by atoms with Crippen LogP contribution in [0.1, 0.15) is 37.6 Å². The number of nitrogen functional groups attached to an aromatic ring is 1. The number of hydrogen-bond acceptors (Lipinski definition) is 4. The number of ether oxygens (including phenoxy) is 1. The highest BCUT2D eigenvalue weighted by atomic mass is 19.1. The molecule has 5 heteroatoms. The summed E-state index contributed by atoms with van der Waals surface area (Å²) in [5.74, 6) is -0.521. The van der Waals surface area contributed by atoms with Gasteiger partial charge in [0.05, 0.1) is 17.9 Å². The molecule has 0 spiro atoms. The maximum absolute atomic E-state index is 14.0. The molecule has 20 heavy (non-hydrogen) atoms. The van der Waals surface area contributed by atoms with E-state index in [1.165, 1.54) is 12.1 Å². The number of benzene rings is 1. The average Bonchev–Trinajstić information content (AvgIpc) is 2.38. The second-order valence-corrected chi connectivity index (χ2v) is 5.01. The minimum absolute atomic E-state index is 0.0987. The third-order valence-corrected chi connectivity index (χ3v) is 3.31. The van der Waals surface area contributed by atoms with Gasteiger partial charge in [-0.15, -0.1) is 0 Å². The van der Waals surface area contributed by atoms with E-state index >= 15 is 0 Å². The Morgan fingerprint density at radius 1 is 1.45 bits per heavy atom. The highest BCUT2D eigenvalue weighted by molar-refractivity contribution is 5.96. The smallest absolute Gasteiger partial charge is 0.340 e. The minimum atomic E-state index is -0.525. The van der Waals surface area contributed by atoms with Crippen LogP contribution in [0.5, 0.6) is 0 Å². The van der Waals surface area contributed by atoms with Gasteiger partial charge >= 0.3 is 5.97 Å². The molecule has 0 aliphatic heterocycles. The van der Waals surface area contributed by atoms with Crippen LogP contribution in [0.4, 0.5) is 15.8 Å². The number of nitrogens with two attached hydrogens (primary N) is 1. The summed E-state index contributed by atoms with van der Waals surface area (Å²) >= 11 is 0. The van der Waals surface area contributed by atoms with Crippen molar-refractivity contribution in [1.29, 1.82) is 0 Å². The molecule has 0 amide bonds. The fourth-order valence-corrected chi connectivity index (χ4v) is 1.95. The maximum atomic E-state index is 14.0. The molecule has 2 N–H and O–H groups in total. The van der Waals surface area contributed by atoms with E-state index in [0.29, 0.717) is 18.2 Å². The lowest BCUT2D eigenvalue weighted by Crippen LogP contribution is -2.25. The summed E-state index contributed by atoms with van der Waals surface area (Å²) in [6.45, 7) is 6.86. The first kappa shape index (κ1) is 16.3. The van der Waals surface area contributed by atoms with E-state index in [2.05, 4.69) is 13.8 Å². The molecule has 0 radical (unpaired) electrons. The van der Waals surface area contributed by atoms with Crippen LogP contribution >= 0.6 is 0 Å². The molecule has 0 aromatic heterocycles. The van der Waals surface area contributed by atoms with Crippen molar-refractivity contribution in [2.45, 2.75) is 27.2 Å². The third kappa shape index (κ3) is 3.85. The summed E-state index contributed by atoms with van der Waals surface area (Å²) < 4.78 is 18.9. The van der Waals surface area contributed by atoms with Crippen LogP contribution in [0, 0.1) is 11.7 Å². The van der Waals surface area contributed by atoms with Crippen LogP contribution in [0.15, 0.2) is 12.1 Å². The van der Waals surface area contributed by atoms with Gasteiger partial charge in [0.2, 0.25) is 0 Å². The van der Waals surface area contributed by atoms with Gasteiger partial charge in [-0.05, 0) is 25.0 Å². The molecule has 0 bridgehead atoms. The summed E-state index contributed by atoms with van der Waals surface area (Å²) in [7, 11) is 1.80. The van der Waals surface area contributed by atoms with Gasteiger partial charge in [-0.25, -0.2) is 9.18 Å². The van der Waals surface area contributed by atoms with E-state index in [1.807, 2.05) is 0 Å². The van der Waals surface area contributed by atoms with Crippen LogP contribution in [0.3, 0.4) is 0 Å². The summed E-state index contributed by atoms with van der Waals surface area (Å²) in [5.41, 5.74) is 6.36. The van der Waals surface area contributed by atoms with Crippen molar-refractivity contribution in [3.8, 4) is 0 Å². The first-order valence-corrected chi connectivity index (χ1v) is 6.87. The first-order chi connectivity index (χ1) is 9.40. The molecule has 1 atom stereocenters. The van der Waals surface area contributed by atoms with Crippen molar-refractivity contribution in [1.82, 2.24) is 0 Å². The molecule has 112 valence electrons. The molecule has 0 heterocycles. The van der Waals surface area contributed by atoms with E-state index in [9.17, 15) is 9.18 Å². The predicted molar refractivity (Wildman–Crippen MR) is 79.5 cm³/mol. The number of rotatable bonds is 6. The fourth-order valence-electron chi connectivity index (χ4n) is 1.95. The topological polar surface area (TPSA) is 55.6 Å². The van der Waals surface area contributed by atoms with E-state index in [-0.39, 0.29) is 17.9 Å². The number of halogens is 1. The maximum Gasteiger partial charge on any atom is 0.340 e. The number of hydrogen-bond donors (Lipinski definition) is 1. The number of anilines is 2. The van der Waals surface area contributed by atoms with Gasteiger partial charge in [-0.2, -0.15) is 0 Å². The van der Waals surface area contributed by atoms with Crippen LogP contribution < -0.4 is 10.6 Å². The Morgan fingerprint density at radius 2 is 2.10 bits per heavy atom. The molecular formula is C15H23FN2O2. The van der Waals surface area contributed by atoms with Gasteiger partial charge in [0.1, 0.15) is 5.82 Å². The molecule has 0 aliphatic rings. The number of esters is 1. The molecule has 0 saturated heterocycles. The van der Waals surface area contributed by atoms with Gasteiger partial charge < -0.3 is 15.4 Å². The van der Waals surface area contributed by atoms with Gasteiger partial charge in [-0.1, -0.05) is 20.3 Å². The Kier molecular flexibility index (Phi) is 5.80. The Bertz CT molecular complexity index is 477. The second-order valence-electron chi connectivity index (χ2n) is 5.01. The molecule has 0 saturated carbocycles. The quantitative estimate of drug-likeness (QED) is 0.643. The Hall–Kier alpha value is -1.78. The van der Waals surface area contributed by atoms with Crippen molar-refractivity contribution < 1.29 is 13.9 Å². The molecule has 0 aliphatic carbocycles. The Morgan fingerprint density at radius 3 is 2.65 bits per heavy atom. The van der Waals surface area contributed by atoms with Crippen LogP contribution in [-0.2, 0) is 4.74 Å². The van der Waals surface area contributed by atoms with Crippen molar-refractivity contribution in [3.63, 3.8) is 0 Å². The normalized spacial score (nSPS) is 12.1. The van der Waals surface area contributed by atoms with Crippen LogP contribution in [-0.4, -0.2) is 26.2 Å². The zero-order chi connectivity index (χ0) is 15.3. The summed E-state index contributed by atoms with van der Waals surface area (Å²) in [5, 5.41) is 0. The molecule has 1 unspecified atom stereocenters. The lowest BCUT2D eigenvalue weighted by atomic mass is 10.1. The molecular weight excluding hydrogens is 259 g/mol. The van der Waals surface area contributed by atoms with E-state index in [0.717, 1.165) is 6.42 Å². The van der Waals surface area contributed by atoms with E-state index < -0.39 is 11.8 Å². The van der Waals surface area contributed by atoms with E-state index in [1.54, 1.807) is 18.9 Å². The highest BCUT2D eigenvalue weighted by Gasteiger charge is 2.18. The fraction of sp³-hybridized carbons (Fsp3) is 0.533. The lowest BCUT2D eigenvalue weighted by molar-refractivity contribution is 0.0527. The Balaban J connectivity index is 3.07. The SMILES string of the molecule is CCOC(=O)c1cc(N(C)CC(C)CC)c(F)cc1N. The van der Waals surface area contributed by atoms with Gasteiger partial charge in [-0.3, -0.25) is 0 Å². The van der Waals surface area contributed by atoms with Crippen molar-refractivity contribution in [2.24, 2.45) is 5.92 Å². The van der Waals surface area contributed by atoms with Crippen LogP contribution in [0.25, 0.3) is 0 Å². The van der Waals surface area contributed by atoms with Gasteiger partial charge in [0.25, 0.3) is 0 Å². The van der Waals surface area contributed by atoms with E-state index in [4.69, 9.17) is 10.5 Å². The predicted octanol–water partition coefficient (Wildman–Crippen LogP) is 3.07. The van der Waals surface area contributed by atoms with Crippen LogP contribution in [0.2, 0.25) is 0 Å². The lowest BCUT2D eigenvalue weighted by Gasteiger charge is -2.24. The summed E-state index contributed by atoms with van der Waals surface area (Å²) in [4.78, 5) is 13.6.